The maximum Gasteiger partial charge on any atom is 0.490 e. The molecule has 1 amide bonds. The first-order valence-corrected chi connectivity index (χ1v) is 7.03. The predicted octanol–water partition coefficient (Wildman–Crippen LogP) is 1.01. The molecule has 0 bridgehead atoms. The molecule has 0 fully saturated rings. The zero-order valence-corrected chi connectivity index (χ0v) is 13.8. The SMILES string of the molecule is COc1cc(OC)cc(C(=O)N/N=C(\C)Cn2cnc([N+](=O)[O-])n2)c1. The van der Waals surface area contributed by atoms with Crippen molar-refractivity contribution in [3.63, 3.8) is 0 Å². The van der Waals surface area contributed by atoms with E-state index in [1.807, 2.05) is 0 Å². The van der Waals surface area contributed by atoms with E-state index in [4.69, 9.17) is 9.47 Å². The van der Waals surface area contributed by atoms with Crippen LogP contribution in [0, 0.1) is 10.1 Å². The van der Waals surface area contributed by atoms with E-state index < -0.39 is 16.8 Å². The molecule has 0 aliphatic carbocycles. The normalized spacial score (nSPS) is 11.1. The summed E-state index contributed by atoms with van der Waals surface area (Å²) in [6, 6.07) is 4.73. The molecule has 1 N–H and O–H groups in total. The molecule has 0 aliphatic rings. The fourth-order valence-corrected chi connectivity index (χ4v) is 1.86. The molecule has 0 aliphatic heterocycles. The van der Waals surface area contributed by atoms with Crippen molar-refractivity contribution in [2.45, 2.75) is 13.5 Å². The van der Waals surface area contributed by atoms with Crippen molar-refractivity contribution in [3.8, 4) is 11.5 Å². The molecule has 0 radical (unpaired) electrons. The fourth-order valence-electron chi connectivity index (χ4n) is 1.86. The minimum Gasteiger partial charge on any atom is -0.497 e. The van der Waals surface area contributed by atoms with Gasteiger partial charge in [-0.25, -0.2) is 5.43 Å². The molecule has 11 heteroatoms. The van der Waals surface area contributed by atoms with Crippen molar-refractivity contribution in [1.29, 1.82) is 0 Å². The Morgan fingerprint density at radius 3 is 2.48 bits per heavy atom. The third kappa shape index (κ3) is 4.73. The summed E-state index contributed by atoms with van der Waals surface area (Å²) in [6.45, 7) is 1.78. The lowest BCUT2D eigenvalue weighted by Gasteiger charge is -2.07. The maximum atomic E-state index is 12.2. The minimum absolute atomic E-state index is 0.141. The van der Waals surface area contributed by atoms with Gasteiger partial charge in [0, 0.05) is 16.7 Å². The van der Waals surface area contributed by atoms with Crippen LogP contribution in [0.5, 0.6) is 11.5 Å². The van der Waals surface area contributed by atoms with Crippen LogP contribution < -0.4 is 14.9 Å². The molecule has 1 aromatic carbocycles. The first-order valence-electron chi connectivity index (χ1n) is 7.03. The van der Waals surface area contributed by atoms with Gasteiger partial charge in [-0.05, 0) is 24.0 Å². The molecule has 0 saturated heterocycles. The highest BCUT2D eigenvalue weighted by Crippen LogP contribution is 2.22. The van der Waals surface area contributed by atoms with Crippen LogP contribution in [0.3, 0.4) is 0 Å². The molecule has 0 saturated carbocycles. The average Bonchev–Trinajstić information content (AvgIpc) is 3.07. The summed E-state index contributed by atoms with van der Waals surface area (Å²) in [4.78, 5) is 25.6. The van der Waals surface area contributed by atoms with Crippen LogP contribution in [0.2, 0.25) is 0 Å². The van der Waals surface area contributed by atoms with Crippen LogP contribution in [-0.4, -0.2) is 45.5 Å². The Morgan fingerprint density at radius 2 is 1.96 bits per heavy atom. The Labute approximate surface area is 142 Å². The van der Waals surface area contributed by atoms with Gasteiger partial charge >= 0.3 is 5.95 Å². The van der Waals surface area contributed by atoms with E-state index in [2.05, 4.69) is 20.6 Å². The number of carbonyl (C=O) groups is 1. The second kappa shape index (κ2) is 7.86. The summed E-state index contributed by atoms with van der Waals surface area (Å²) < 4.78 is 11.5. The summed E-state index contributed by atoms with van der Waals surface area (Å²) in [5.41, 5.74) is 3.18. The molecule has 11 nitrogen and oxygen atoms in total. The molecule has 2 aromatic rings. The van der Waals surface area contributed by atoms with Gasteiger partial charge in [0.2, 0.25) is 6.33 Å². The number of ether oxygens (including phenoxy) is 2. The summed E-state index contributed by atoms with van der Waals surface area (Å²) in [6.07, 6.45) is 1.21. The Morgan fingerprint density at radius 1 is 1.32 bits per heavy atom. The van der Waals surface area contributed by atoms with Gasteiger partial charge in [-0.1, -0.05) is 4.98 Å². The number of nitro groups is 1. The van der Waals surface area contributed by atoms with Crippen molar-refractivity contribution >= 4 is 17.6 Å². The lowest BCUT2D eigenvalue weighted by molar-refractivity contribution is -0.394. The van der Waals surface area contributed by atoms with E-state index in [1.54, 1.807) is 25.1 Å². The maximum absolute atomic E-state index is 12.2. The van der Waals surface area contributed by atoms with Gasteiger partial charge in [-0.15, -0.1) is 0 Å². The Bertz CT molecular complexity index is 794. The van der Waals surface area contributed by atoms with E-state index in [0.29, 0.717) is 22.8 Å². The van der Waals surface area contributed by atoms with Crippen molar-refractivity contribution in [1.82, 2.24) is 20.2 Å². The second-order valence-corrected chi connectivity index (χ2v) is 4.89. The number of nitrogens with one attached hydrogen (secondary N) is 1. The third-order valence-electron chi connectivity index (χ3n) is 3.04. The number of amides is 1. The van der Waals surface area contributed by atoms with Gasteiger partial charge in [-0.3, -0.25) is 4.79 Å². The van der Waals surface area contributed by atoms with Crippen LogP contribution in [0.4, 0.5) is 5.95 Å². The number of methoxy groups -OCH3 is 2. The number of benzene rings is 1. The van der Waals surface area contributed by atoms with Crippen LogP contribution >= 0.6 is 0 Å². The summed E-state index contributed by atoms with van der Waals surface area (Å²) in [5, 5.41) is 18.1. The first kappa shape index (κ1) is 17.8. The molecule has 25 heavy (non-hydrogen) atoms. The topological polar surface area (TPSA) is 134 Å². The fraction of sp³-hybridized carbons (Fsp3) is 0.286. The smallest absolute Gasteiger partial charge is 0.490 e. The summed E-state index contributed by atoms with van der Waals surface area (Å²) in [5.74, 6) is -0.0123. The average molecular weight is 348 g/mol. The molecular weight excluding hydrogens is 332 g/mol. The highest BCUT2D eigenvalue weighted by molar-refractivity contribution is 5.96. The minimum atomic E-state index is -0.694. The zero-order valence-electron chi connectivity index (χ0n) is 13.8. The van der Waals surface area contributed by atoms with Crippen molar-refractivity contribution in [3.05, 3.63) is 40.2 Å². The number of hydrogen-bond acceptors (Lipinski definition) is 8. The van der Waals surface area contributed by atoms with Crippen LogP contribution in [0.1, 0.15) is 17.3 Å². The molecule has 2 rings (SSSR count). The molecular formula is C14H16N6O5. The van der Waals surface area contributed by atoms with Gasteiger partial charge in [0.25, 0.3) is 5.91 Å². The number of carbonyl (C=O) groups excluding carboxylic acids is 1. The molecule has 1 aromatic heterocycles. The van der Waals surface area contributed by atoms with Gasteiger partial charge in [-0.2, -0.15) is 9.78 Å². The van der Waals surface area contributed by atoms with Gasteiger partial charge < -0.3 is 19.6 Å². The molecule has 0 spiro atoms. The number of aromatic nitrogens is 3. The molecule has 132 valence electrons. The van der Waals surface area contributed by atoms with Crippen molar-refractivity contribution in [2.75, 3.05) is 14.2 Å². The lowest BCUT2D eigenvalue weighted by Crippen LogP contribution is -2.20. The Kier molecular flexibility index (Phi) is 5.61. The monoisotopic (exact) mass is 348 g/mol. The number of rotatable bonds is 7. The van der Waals surface area contributed by atoms with E-state index in [1.165, 1.54) is 25.2 Å². The largest absolute Gasteiger partial charge is 0.497 e. The second-order valence-electron chi connectivity index (χ2n) is 4.89. The van der Waals surface area contributed by atoms with Crippen LogP contribution in [-0.2, 0) is 6.54 Å². The highest BCUT2D eigenvalue weighted by atomic mass is 16.6. The highest BCUT2D eigenvalue weighted by Gasteiger charge is 2.14. The van der Waals surface area contributed by atoms with Crippen molar-refractivity contribution < 1.29 is 19.2 Å². The zero-order chi connectivity index (χ0) is 18.4. The summed E-state index contributed by atoms with van der Waals surface area (Å²) >= 11 is 0. The quantitative estimate of drug-likeness (QED) is 0.448. The van der Waals surface area contributed by atoms with Crippen LogP contribution in [0.25, 0.3) is 0 Å². The van der Waals surface area contributed by atoms with Gasteiger partial charge in [0.1, 0.15) is 11.5 Å². The van der Waals surface area contributed by atoms with E-state index in [-0.39, 0.29) is 6.54 Å². The van der Waals surface area contributed by atoms with E-state index in [9.17, 15) is 14.9 Å². The number of hydrazone groups is 1. The number of hydrogen-bond donors (Lipinski definition) is 1. The molecule has 1 heterocycles. The predicted molar refractivity (Wildman–Crippen MR) is 86.8 cm³/mol. The van der Waals surface area contributed by atoms with Crippen molar-refractivity contribution in [2.24, 2.45) is 5.10 Å². The Balaban J connectivity index is 2.04. The van der Waals surface area contributed by atoms with E-state index in [0.717, 1.165) is 0 Å². The van der Waals surface area contributed by atoms with E-state index >= 15 is 0 Å². The van der Waals surface area contributed by atoms with Crippen LogP contribution in [0.15, 0.2) is 29.6 Å². The summed E-state index contributed by atoms with van der Waals surface area (Å²) in [7, 11) is 2.96. The lowest BCUT2D eigenvalue weighted by atomic mass is 10.2. The Hall–Kier alpha value is -3.50. The van der Waals surface area contributed by atoms with Gasteiger partial charge in [0.05, 0.1) is 26.5 Å². The first-order chi connectivity index (χ1) is 11.9. The van der Waals surface area contributed by atoms with Gasteiger partial charge in [0.15, 0.2) is 0 Å². The number of nitrogens with zero attached hydrogens (tertiary/aromatic N) is 5. The standard InChI is InChI=1S/C14H16N6O5/c1-9(7-19-8-15-14(18-19)20(22)23)16-17-13(21)10-4-11(24-2)6-12(5-10)25-3/h4-6,8H,7H2,1-3H3,(H,17,21)/b16-9+. The third-order valence-corrected chi connectivity index (χ3v) is 3.04. The molecule has 0 atom stereocenters. The molecule has 0 unspecified atom stereocenters.